The summed E-state index contributed by atoms with van der Waals surface area (Å²) in [5.41, 5.74) is 0.752. The van der Waals surface area contributed by atoms with E-state index in [9.17, 15) is 4.79 Å². The van der Waals surface area contributed by atoms with Gasteiger partial charge in [0.2, 0.25) is 11.9 Å². The number of anilines is 1. The maximum Gasteiger partial charge on any atom is 0.231 e. The second-order valence-corrected chi connectivity index (χ2v) is 5.49. The lowest BCUT2D eigenvalue weighted by Crippen LogP contribution is -2.27. The third kappa shape index (κ3) is 3.42. The molecular formula is C13H18ClN3O. The van der Waals surface area contributed by atoms with Crippen LogP contribution in [0.2, 0.25) is 5.15 Å². The van der Waals surface area contributed by atoms with E-state index in [0.29, 0.717) is 11.1 Å². The molecule has 2 rings (SSSR count). The predicted octanol–water partition coefficient (Wildman–Crippen LogP) is 3.20. The van der Waals surface area contributed by atoms with Gasteiger partial charge in [-0.2, -0.15) is 0 Å². The number of hydrogen-bond donors (Lipinski definition) is 1. The summed E-state index contributed by atoms with van der Waals surface area (Å²) >= 11 is 5.84. The molecule has 1 aromatic heterocycles. The number of amides is 1. The molecule has 1 fully saturated rings. The van der Waals surface area contributed by atoms with Crippen molar-refractivity contribution in [2.24, 2.45) is 11.8 Å². The summed E-state index contributed by atoms with van der Waals surface area (Å²) in [4.78, 5) is 20.2. The van der Waals surface area contributed by atoms with Crippen molar-refractivity contribution in [3.63, 3.8) is 0 Å². The van der Waals surface area contributed by atoms with Crippen LogP contribution in [0.1, 0.15) is 38.3 Å². The molecule has 1 aliphatic carbocycles. The molecule has 0 aliphatic heterocycles. The highest BCUT2D eigenvalue weighted by molar-refractivity contribution is 6.29. The molecule has 1 amide bonds. The summed E-state index contributed by atoms with van der Waals surface area (Å²) in [6.07, 6.45) is 4.14. The van der Waals surface area contributed by atoms with Gasteiger partial charge in [-0.05, 0) is 44.6 Å². The Kier molecular flexibility index (Phi) is 4.17. The van der Waals surface area contributed by atoms with Crippen LogP contribution in [0.5, 0.6) is 0 Å². The minimum Gasteiger partial charge on any atom is -0.294 e. The lowest BCUT2D eigenvalue weighted by Gasteiger charge is -2.24. The van der Waals surface area contributed by atoms with E-state index < -0.39 is 0 Å². The lowest BCUT2D eigenvalue weighted by molar-refractivity contribution is -0.121. The van der Waals surface area contributed by atoms with Crippen molar-refractivity contribution in [1.82, 2.24) is 9.97 Å². The van der Waals surface area contributed by atoms with Crippen LogP contribution in [0.3, 0.4) is 0 Å². The first kappa shape index (κ1) is 13.3. The Labute approximate surface area is 112 Å². The maximum absolute atomic E-state index is 12.1. The highest BCUT2D eigenvalue weighted by Gasteiger charge is 2.24. The van der Waals surface area contributed by atoms with E-state index in [-0.39, 0.29) is 11.8 Å². The van der Waals surface area contributed by atoms with Gasteiger partial charge in [0.15, 0.2) is 0 Å². The number of aryl methyl sites for hydroxylation is 1. The molecule has 0 spiro atoms. The van der Waals surface area contributed by atoms with Crippen molar-refractivity contribution in [2.45, 2.75) is 39.5 Å². The molecule has 0 bridgehead atoms. The molecule has 1 N–H and O–H groups in total. The molecule has 4 nitrogen and oxygen atoms in total. The van der Waals surface area contributed by atoms with E-state index in [4.69, 9.17) is 11.6 Å². The normalized spacial score (nSPS) is 23.7. The smallest absolute Gasteiger partial charge is 0.231 e. The third-order valence-corrected chi connectivity index (χ3v) is 3.64. The fourth-order valence-corrected chi connectivity index (χ4v) is 2.56. The maximum atomic E-state index is 12.1. The number of nitrogens with one attached hydrogen (secondary N) is 1. The van der Waals surface area contributed by atoms with Gasteiger partial charge in [-0.3, -0.25) is 10.1 Å². The molecule has 98 valence electrons. The number of nitrogens with zero attached hydrogens (tertiary/aromatic N) is 2. The van der Waals surface area contributed by atoms with E-state index in [1.54, 1.807) is 6.07 Å². The van der Waals surface area contributed by atoms with Crippen LogP contribution in [0.4, 0.5) is 5.95 Å². The van der Waals surface area contributed by atoms with Gasteiger partial charge < -0.3 is 0 Å². The average molecular weight is 268 g/mol. The molecule has 0 aromatic carbocycles. The number of hydrogen-bond acceptors (Lipinski definition) is 3. The molecule has 1 saturated carbocycles. The van der Waals surface area contributed by atoms with E-state index in [2.05, 4.69) is 22.2 Å². The largest absolute Gasteiger partial charge is 0.294 e. The fourth-order valence-electron chi connectivity index (χ4n) is 2.32. The van der Waals surface area contributed by atoms with E-state index in [1.807, 2.05) is 6.92 Å². The average Bonchev–Trinajstić information content (AvgIpc) is 2.28. The number of aromatic nitrogens is 2. The van der Waals surface area contributed by atoms with Gasteiger partial charge in [-0.15, -0.1) is 0 Å². The Bertz CT molecular complexity index is 422. The van der Waals surface area contributed by atoms with Crippen LogP contribution in [0, 0.1) is 18.8 Å². The SMILES string of the molecule is Cc1cc(Cl)nc(NC(=O)C2CCC(C)CC2)n1. The molecular weight excluding hydrogens is 250 g/mol. The molecule has 0 radical (unpaired) electrons. The van der Waals surface area contributed by atoms with Gasteiger partial charge >= 0.3 is 0 Å². The quantitative estimate of drug-likeness (QED) is 0.837. The minimum atomic E-state index is 0.0172. The van der Waals surface area contributed by atoms with Crippen LogP contribution in [-0.4, -0.2) is 15.9 Å². The molecule has 18 heavy (non-hydrogen) atoms. The van der Waals surface area contributed by atoms with Crippen molar-refractivity contribution in [2.75, 3.05) is 5.32 Å². The number of carbonyl (C=O) groups is 1. The molecule has 5 heteroatoms. The first-order valence-corrected chi connectivity index (χ1v) is 6.74. The Morgan fingerprint density at radius 1 is 1.33 bits per heavy atom. The fraction of sp³-hybridized carbons (Fsp3) is 0.615. The number of halogens is 1. The molecule has 0 unspecified atom stereocenters. The summed E-state index contributed by atoms with van der Waals surface area (Å²) in [5, 5.41) is 3.12. The number of rotatable bonds is 2. The van der Waals surface area contributed by atoms with Gasteiger partial charge in [0.25, 0.3) is 0 Å². The van der Waals surface area contributed by atoms with Gasteiger partial charge in [0.1, 0.15) is 5.15 Å². The second kappa shape index (κ2) is 5.65. The summed E-state index contributed by atoms with van der Waals surface area (Å²) in [7, 11) is 0. The Hall–Kier alpha value is -1.16. The van der Waals surface area contributed by atoms with E-state index >= 15 is 0 Å². The van der Waals surface area contributed by atoms with Crippen LogP contribution >= 0.6 is 11.6 Å². The van der Waals surface area contributed by atoms with E-state index in [0.717, 1.165) is 37.3 Å². The Balaban J connectivity index is 1.98. The predicted molar refractivity (Wildman–Crippen MR) is 71.5 cm³/mol. The van der Waals surface area contributed by atoms with Crippen molar-refractivity contribution < 1.29 is 4.79 Å². The van der Waals surface area contributed by atoms with Crippen LogP contribution in [0.25, 0.3) is 0 Å². The summed E-state index contributed by atoms with van der Waals surface area (Å²) < 4.78 is 0. The van der Waals surface area contributed by atoms with Crippen molar-refractivity contribution in [3.05, 3.63) is 16.9 Å². The zero-order chi connectivity index (χ0) is 13.1. The zero-order valence-corrected chi connectivity index (χ0v) is 11.5. The highest BCUT2D eigenvalue weighted by Crippen LogP contribution is 2.28. The highest BCUT2D eigenvalue weighted by atomic mass is 35.5. The summed E-state index contributed by atoms with van der Waals surface area (Å²) in [5.74, 6) is 1.15. The van der Waals surface area contributed by atoms with Crippen LogP contribution in [0.15, 0.2) is 6.07 Å². The van der Waals surface area contributed by atoms with Crippen LogP contribution in [-0.2, 0) is 4.79 Å². The second-order valence-electron chi connectivity index (χ2n) is 5.10. The van der Waals surface area contributed by atoms with E-state index in [1.165, 1.54) is 0 Å². The molecule has 1 heterocycles. The topological polar surface area (TPSA) is 54.9 Å². The monoisotopic (exact) mass is 267 g/mol. The summed E-state index contributed by atoms with van der Waals surface area (Å²) in [6, 6.07) is 1.67. The van der Waals surface area contributed by atoms with Crippen molar-refractivity contribution in [1.29, 1.82) is 0 Å². The zero-order valence-electron chi connectivity index (χ0n) is 10.7. The Morgan fingerprint density at radius 2 is 2.00 bits per heavy atom. The Morgan fingerprint density at radius 3 is 2.61 bits per heavy atom. The third-order valence-electron chi connectivity index (χ3n) is 3.44. The molecule has 1 aromatic rings. The van der Waals surface area contributed by atoms with Gasteiger partial charge in [0.05, 0.1) is 0 Å². The number of carbonyl (C=O) groups excluding carboxylic acids is 1. The minimum absolute atomic E-state index is 0.0172. The first-order chi connectivity index (χ1) is 8.54. The standard InChI is InChI=1S/C13H18ClN3O/c1-8-3-5-10(6-4-8)12(18)17-13-15-9(2)7-11(14)16-13/h7-8,10H,3-6H2,1-2H3,(H,15,16,17,18). The molecule has 1 aliphatic rings. The van der Waals surface area contributed by atoms with Gasteiger partial charge in [-0.1, -0.05) is 18.5 Å². The van der Waals surface area contributed by atoms with Crippen molar-refractivity contribution >= 4 is 23.5 Å². The van der Waals surface area contributed by atoms with Crippen molar-refractivity contribution in [3.8, 4) is 0 Å². The first-order valence-electron chi connectivity index (χ1n) is 6.36. The van der Waals surface area contributed by atoms with Crippen LogP contribution < -0.4 is 5.32 Å². The van der Waals surface area contributed by atoms with Gasteiger partial charge in [-0.25, -0.2) is 9.97 Å². The summed E-state index contributed by atoms with van der Waals surface area (Å²) in [6.45, 7) is 4.06. The lowest BCUT2D eigenvalue weighted by atomic mass is 9.82. The molecule has 0 saturated heterocycles. The van der Waals surface area contributed by atoms with Gasteiger partial charge in [0, 0.05) is 11.6 Å². The molecule has 0 atom stereocenters.